The monoisotopic (exact) mass is 425 g/mol. The van der Waals surface area contributed by atoms with Gasteiger partial charge in [-0.25, -0.2) is 4.79 Å². The molecular formula is C25H35N3O3. The molecule has 2 N–H and O–H groups in total. The van der Waals surface area contributed by atoms with Crippen LogP contribution in [0.2, 0.25) is 0 Å². The van der Waals surface area contributed by atoms with E-state index in [1.165, 1.54) is 5.56 Å². The molecule has 0 saturated heterocycles. The van der Waals surface area contributed by atoms with Gasteiger partial charge in [0.1, 0.15) is 5.75 Å². The van der Waals surface area contributed by atoms with Gasteiger partial charge in [0.05, 0.1) is 6.10 Å². The third-order valence-corrected chi connectivity index (χ3v) is 4.81. The molecule has 3 amide bonds. The Labute approximate surface area is 186 Å². The highest BCUT2D eigenvalue weighted by atomic mass is 16.5. The normalized spacial score (nSPS) is 11.6. The van der Waals surface area contributed by atoms with Crippen LogP contribution < -0.4 is 15.4 Å². The van der Waals surface area contributed by atoms with Gasteiger partial charge in [-0.05, 0) is 56.9 Å². The third kappa shape index (κ3) is 9.55. The van der Waals surface area contributed by atoms with Crippen molar-refractivity contribution in [1.29, 1.82) is 0 Å². The number of carbonyl (C=O) groups excluding carboxylic acids is 2. The van der Waals surface area contributed by atoms with Crippen molar-refractivity contribution in [1.82, 2.24) is 15.5 Å². The van der Waals surface area contributed by atoms with Crippen LogP contribution in [0.25, 0.3) is 0 Å². The van der Waals surface area contributed by atoms with Gasteiger partial charge >= 0.3 is 6.03 Å². The van der Waals surface area contributed by atoms with E-state index in [1.54, 1.807) is 11.9 Å². The van der Waals surface area contributed by atoms with Gasteiger partial charge in [-0.1, -0.05) is 42.5 Å². The molecule has 1 unspecified atom stereocenters. The number of hydrogen-bond acceptors (Lipinski definition) is 3. The summed E-state index contributed by atoms with van der Waals surface area (Å²) in [5.41, 5.74) is 2.28. The van der Waals surface area contributed by atoms with Crippen molar-refractivity contribution in [3.8, 4) is 5.75 Å². The average molecular weight is 426 g/mol. The second kappa shape index (κ2) is 12.6. The van der Waals surface area contributed by atoms with Crippen LogP contribution in [0.3, 0.4) is 0 Å². The molecule has 0 radical (unpaired) electrons. The zero-order chi connectivity index (χ0) is 22.6. The van der Waals surface area contributed by atoms with E-state index in [4.69, 9.17) is 4.74 Å². The van der Waals surface area contributed by atoms with Gasteiger partial charge in [-0.2, -0.15) is 0 Å². The topological polar surface area (TPSA) is 70.7 Å². The summed E-state index contributed by atoms with van der Waals surface area (Å²) in [6.45, 7) is 6.86. The Morgan fingerprint density at radius 3 is 2.29 bits per heavy atom. The fraction of sp³-hybridized carbons (Fsp3) is 0.440. The second-order valence-electron chi connectivity index (χ2n) is 8.14. The Hall–Kier alpha value is -3.02. The molecule has 168 valence electrons. The Morgan fingerprint density at radius 1 is 0.968 bits per heavy atom. The highest BCUT2D eigenvalue weighted by molar-refractivity contribution is 5.78. The molecule has 0 spiro atoms. The molecule has 0 aromatic heterocycles. The maximum atomic E-state index is 12.2. The number of benzene rings is 2. The van der Waals surface area contributed by atoms with Gasteiger partial charge in [-0.3, -0.25) is 4.79 Å². The summed E-state index contributed by atoms with van der Waals surface area (Å²) in [5.74, 6) is 0.816. The summed E-state index contributed by atoms with van der Waals surface area (Å²) >= 11 is 0. The van der Waals surface area contributed by atoms with Crippen molar-refractivity contribution >= 4 is 11.9 Å². The highest BCUT2D eigenvalue weighted by Gasteiger charge is 2.11. The van der Waals surface area contributed by atoms with Crippen molar-refractivity contribution < 1.29 is 14.3 Å². The SMILES string of the molecule is CC(CCc1ccc(OC(C)C)cc1)NC(=O)CCNC(=O)N(C)Cc1ccccc1. The number of ether oxygens (including phenoxy) is 1. The molecule has 6 nitrogen and oxygen atoms in total. The summed E-state index contributed by atoms with van der Waals surface area (Å²) in [7, 11) is 1.74. The molecule has 0 aliphatic rings. The van der Waals surface area contributed by atoms with Gasteiger partial charge in [-0.15, -0.1) is 0 Å². The first-order valence-corrected chi connectivity index (χ1v) is 10.9. The van der Waals surface area contributed by atoms with Crippen molar-refractivity contribution in [2.45, 2.75) is 58.7 Å². The van der Waals surface area contributed by atoms with Crippen molar-refractivity contribution in [2.24, 2.45) is 0 Å². The van der Waals surface area contributed by atoms with E-state index in [1.807, 2.05) is 63.2 Å². The number of carbonyl (C=O) groups is 2. The Balaban J connectivity index is 1.62. The Morgan fingerprint density at radius 2 is 1.65 bits per heavy atom. The number of hydrogen-bond donors (Lipinski definition) is 2. The zero-order valence-corrected chi connectivity index (χ0v) is 19.1. The molecule has 0 aliphatic heterocycles. The average Bonchev–Trinajstić information content (AvgIpc) is 2.73. The Kier molecular flexibility index (Phi) is 9.88. The first kappa shape index (κ1) is 24.3. The summed E-state index contributed by atoms with van der Waals surface area (Å²) in [6.07, 6.45) is 2.15. The predicted molar refractivity (Wildman–Crippen MR) is 124 cm³/mol. The Bertz CT molecular complexity index is 807. The largest absolute Gasteiger partial charge is 0.491 e. The summed E-state index contributed by atoms with van der Waals surface area (Å²) in [4.78, 5) is 25.9. The zero-order valence-electron chi connectivity index (χ0n) is 19.1. The molecule has 6 heteroatoms. The lowest BCUT2D eigenvalue weighted by Crippen LogP contribution is -2.40. The van der Waals surface area contributed by atoms with Crippen LogP contribution >= 0.6 is 0 Å². The maximum absolute atomic E-state index is 12.2. The lowest BCUT2D eigenvalue weighted by molar-refractivity contribution is -0.121. The van der Waals surface area contributed by atoms with Crippen LogP contribution in [-0.2, 0) is 17.8 Å². The number of amides is 3. The molecule has 31 heavy (non-hydrogen) atoms. The van der Waals surface area contributed by atoms with Crippen LogP contribution in [0.1, 0.15) is 44.7 Å². The molecule has 2 aromatic rings. The molecule has 2 rings (SSSR count). The summed E-state index contributed by atoms with van der Waals surface area (Å²) < 4.78 is 5.66. The first-order valence-electron chi connectivity index (χ1n) is 10.9. The minimum Gasteiger partial charge on any atom is -0.491 e. The molecule has 0 aliphatic carbocycles. The third-order valence-electron chi connectivity index (χ3n) is 4.81. The summed E-state index contributed by atoms with van der Waals surface area (Å²) in [6, 6.07) is 17.8. The quantitative estimate of drug-likeness (QED) is 0.568. The molecule has 0 heterocycles. The van der Waals surface area contributed by atoms with Crippen LogP contribution in [0.5, 0.6) is 5.75 Å². The van der Waals surface area contributed by atoms with Gasteiger partial charge in [0.15, 0.2) is 0 Å². The molecule has 1 atom stereocenters. The van der Waals surface area contributed by atoms with Crippen LogP contribution in [-0.4, -0.2) is 42.6 Å². The fourth-order valence-corrected chi connectivity index (χ4v) is 3.16. The van der Waals surface area contributed by atoms with Crippen molar-refractivity contribution in [3.05, 3.63) is 65.7 Å². The fourth-order valence-electron chi connectivity index (χ4n) is 3.16. The lowest BCUT2D eigenvalue weighted by Gasteiger charge is -2.18. The number of nitrogens with zero attached hydrogens (tertiary/aromatic N) is 1. The van der Waals surface area contributed by atoms with Crippen LogP contribution in [0.4, 0.5) is 4.79 Å². The predicted octanol–water partition coefficient (Wildman–Crippen LogP) is 4.14. The van der Waals surface area contributed by atoms with E-state index in [-0.39, 0.29) is 30.5 Å². The number of nitrogens with one attached hydrogen (secondary N) is 2. The number of aryl methyl sites for hydroxylation is 1. The molecule has 0 fully saturated rings. The van der Waals surface area contributed by atoms with Gasteiger partial charge in [0.25, 0.3) is 0 Å². The van der Waals surface area contributed by atoms with Crippen molar-refractivity contribution in [3.63, 3.8) is 0 Å². The number of rotatable bonds is 11. The smallest absolute Gasteiger partial charge is 0.317 e. The van der Waals surface area contributed by atoms with Gasteiger partial charge < -0.3 is 20.3 Å². The minimum atomic E-state index is -0.186. The van der Waals surface area contributed by atoms with E-state index < -0.39 is 0 Å². The van der Waals surface area contributed by atoms with Crippen LogP contribution in [0, 0.1) is 0 Å². The van der Waals surface area contributed by atoms with E-state index in [2.05, 4.69) is 22.8 Å². The molecule has 0 bridgehead atoms. The molecule has 2 aromatic carbocycles. The number of urea groups is 1. The maximum Gasteiger partial charge on any atom is 0.317 e. The highest BCUT2D eigenvalue weighted by Crippen LogP contribution is 2.15. The standard InChI is InChI=1S/C25H35N3O3/c1-19(2)31-23-14-12-21(13-15-23)11-10-20(3)27-24(29)16-17-26-25(30)28(4)18-22-8-6-5-7-9-22/h5-9,12-15,19-20H,10-11,16-18H2,1-4H3,(H,26,30)(H,27,29). The molecule has 0 saturated carbocycles. The lowest BCUT2D eigenvalue weighted by atomic mass is 10.1. The van der Waals surface area contributed by atoms with Gasteiger partial charge in [0, 0.05) is 32.6 Å². The minimum absolute atomic E-state index is 0.0563. The van der Waals surface area contributed by atoms with E-state index in [9.17, 15) is 9.59 Å². The van der Waals surface area contributed by atoms with Crippen LogP contribution in [0.15, 0.2) is 54.6 Å². The van der Waals surface area contributed by atoms with E-state index in [0.29, 0.717) is 13.1 Å². The van der Waals surface area contributed by atoms with Crippen molar-refractivity contribution in [2.75, 3.05) is 13.6 Å². The van der Waals surface area contributed by atoms with Gasteiger partial charge in [0.2, 0.25) is 5.91 Å². The summed E-state index contributed by atoms with van der Waals surface area (Å²) in [5, 5.41) is 5.80. The second-order valence-corrected chi connectivity index (χ2v) is 8.14. The van der Waals surface area contributed by atoms with E-state index in [0.717, 1.165) is 24.2 Å². The molecular weight excluding hydrogens is 390 g/mol. The first-order chi connectivity index (χ1) is 14.8. The van der Waals surface area contributed by atoms with E-state index >= 15 is 0 Å².